The van der Waals surface area contributed by atoms with Crippen LogP contribution in [0.5, 0.6) is 5.75 Å². The number of nitrogens with zero attached hydrogens (tertiary/aromatic N) is 1. The molecular formula is C16H23FN2O3. The van der Waals surface area contributed by atoms with Gasteiger partial charge in [-0.25, -0.2) is 4.39 Å². The lowest BCUT2D eigenvalue weighted by molar-refractivity contribution is -0.128. The largest absolute Gasteiger partial charge is 0.494 e. The van der Waals surface area contributed by atoms with Gasteiger partial charge in [-0.05, 0) is 31.0 Å². The number of likely N-dealkylation sites (tertiary alicyclic amines) is 1. The molecule has 0 saturated carbocycles. The molecule has 0 spiro atoms. The Morgan fingerprint density at radius 1 is 1.50 bits per heavy atom. The van der Waals surface area contributed by atoms with Gasteiger partial charge < -0.3 is 20.1 Å². The molecule has 22 heavy (non-hydrogen) atoms. The molecule has 1 aromatic carbocycles. The third kappa shape index (κ3) is 4.18. The molecule has 1 amide bonds. The van der Waals surface area contributed by atoms with E-state index in [0.29, 0.717) is 19.5 Å². The van der Waals surface area contributed by atoms with E-state index >= 15 is 0 Å². The van der Waals surface area contributed by atoms with Crippen LogP contribution >= 0.6 is 0 Å². The Labute approximate surface area is 130 Å². The van der Waals surface area contributed by atoms with Gasteiger partial charge in [0.25, 0.3) is 0 Å². The molecule has 0 aliphatic carbocycles. The van der Waals surface area contributed by atoms with Crippen LogP contribution < -0.4 is 10.1 Å². The maximum absolute atomic E-state index is 13.4. The van der Waals surface area contributed by atoms with Gasteiger partial charge in [0, 0.05) is 32.1 Å². The number of carbonyl (C=O) groups is 1. The lowest BCUT2D eigenvalue weighted by atomic mass is 10.1. The summed E-state index contributed by atoms with van der Waals surface area (Å²) in [4.78, 5) is 13.2. The predicted octanol–water partition coefficient (Wildman–Crippen LogP) is 1.47. The van der Waals surface area contributed by atoms with Crippen molar-refractivity contribution in [2.24, 2.45) is 0 Å². The molecule has 1 saturated heterocycles. The summed E-state index contributed by atoms with van der Waals surface area (Å²) in [5, 5.41) is 13.2. The van der Waals surface area contributed by atoms with Crippen molar-refractivity contribution in [2.75, 3.05) is 26.7 Å². The molecular weight excluding hydrogens is 287 g/mol. The number of rotatable bonds is 7. The van der Waals surface area contributed by atoms with E-state index in [0.717, 1.165) is 18.5 Å². The molecule has 2 unspecified atom stereocenters. The third-order valence-electron chi connectivity index (χ3n) is 3.94. The van der Waals surface area contributed by atoms with Crippen LogP contribution in [-0.2, 0) is 4.79 Å². The van der Waals surface area contributed by atoms with E-state index in [1.54, 1.807) is 17.0 Å². The first-order valence-corrected chi connectivity index (χ1v) is 7.54. The average molecular weight is 310 g/mol. The molecule has 0 bridgehead atoms. The van der Waals surface area contributed by atoms with E-state index in [9.17, 15) is 14.3 Å². The number of benzene rings is 1. The number of ether oxygens (including phenoxy) is 1. The fourth-order valence-electron chi connectivity index (χ4n) is 2.59. The van der Waals surface area contributed by atoms with Gasteiger partial charge in [0.1, 0.15) is 0 Å². The molecule has 1 aliphatic heterocycles. The van der Waals surface area contributed by atoms with Crippen molar-refractivity contribution in [1.82, 2.24) is 10.2 Å². The highest BCUT2D eigenvalue weighted by atomic mass is 19.1. The number of amides is 1. The number of methoxy groups -OCH3 is 1. The highest BCUT2D eigenvalue weighted by Gasteiger charge is 2.22. The van der Waals surface area contributed by atoms with Gasteiger partial charge in [-0.2, -0.15) is 0 Å². The van der Waals surface area contributed by atoms with Crippen molar-refractivity contribution in [3.63, 3.8) is 0 Å². The van der Waals surface area contributed by atoms with Gasteiger partial charge in [-0.15, -0.1) is 0 Å². The summed E-state index contributed by atoms with van der Waals surface area (Å²) in [5.74, 6) is -0.0873. The van der Waals surface area contributed by atoms with Crippen molar-refractivity contribution < 1.29 is 19.0 Å². The van der Waals surface area contributed by atoms with Crippen LogP contribution in [0, 0.1) is 5.82 Å². The summed E-state index contributed by atoms with van der Waals surface area (Å²) >= 11 is 0. The Bertz CT molecular complexity index is 524. The molecule has 0 aromatic heterocycles. The van der Waals surface area contributed by atoms with E-state index in [4.69, 9.17) is 4.74 Å². The zero-order chi connectivity index (χ0) is 16.1. The molecule has 1 aliphatic rings. The smallest absolute Gasteiger partial charge is 0.222 e. The molecule has 2 N–H and O–H groups in total. The summed E-state index contributed by atoms with van der Waals surface area (Å²) in [5.41, 5.74) is 0.877. The normalized spacial score (nSPS) is 17.6. The number of halogens is 1. The second-order valence-corrected chi connectivity index (χ2v) is 5.62. The van der Waals surface area contributed by atoms with E-state index < -0.39 is 11.9 Å². The number of aliphatic hydroxyl groups is 1. The number of β-amino-alcohol motifs (C(OH)–C–C–N with tert-alkyl or cyclic N) is 1. The zero-order valence-corrected chi connectivity index (χ0v) is 13.0. The monoisotopic (exact) mass is 310 g/mol. The molecule has 6 heteroatoms. The summed E-state index contributed by atoms with van der Waals surface area (Å²) < 4.78 is 18.4. The molecule has 2 rings (SSSR count). The van der Waals surface area contributed by atoms with E-state index in [-0.39, 0.29) is 17.7 Å². The maximum atomic E-state index is 13.4. The first-order chi connectivity index (χ1) is 10.5. The number of aliphatic hydroxyl groups excluding tert-OH is 1. The van der Waals surface area contributed by atoms with Crippen LogP contribution in [0.2, 0.25) is 0 Å². The molecule has 122 valence electrons. The minimum absolute atomic E-state index is 0.0570. The molecule has 1 fully saturated rings. The quantitative estimate of drug-likeness (QED) is 0.800. The van der Waals surface area contributed by atoms with Crippen LogP contribution in [0.4, 0.5) is 4.39 Å². The fraction of sp³-hybridized carbons (Fsp3) is 0.562. The highest BCUT2D eigenvalue weighted by Crippen LogP contribution is 2.22. The Morgan fingerprint density at radius 2 is 2.27 bits per heavy atom. The van der Waals surface area contributed by atoms with E-state index in [1.807, 2.05) is 6.92 Å². The molecule has 1 aromatic rings. The first-order valence-electron chi connectivity index (χ1n) is 7.54. The summed E-state index contributed by atoms with van der Waals surface area (Å²) in [7, 11) is 1.43. The number of hydrogen-bond acceptors (Lipinski definition) is 4. The van der Waals surface area contributed by atoms with Crippen molar-refractivity contribution in [2.45, 2.75) is 31.9 Å². The van der Waals surface area contributed by atoms with Gasteiger partial charge in [-0.3, -0.25) is 4.79 Å². The van der Waals surface area contributed by atoms with Gasteiger partial charge in [0.05, 0.1) is 13.2 Å². The van der Waals surface area contributed by atoms with Crippen LogP contribution in [0.25, 0.3) is 0 Å². The molecule has 5 nitrogen and oxygen atoms in total. The van der Waals surface area contributed by atoms with Gasteiger partial charge >= 0.3 is 0 Å². The maximum Gasteiger partial charge on any atom is 0.222 e. The second-order valence-electron chi connectivity index (χ2n) is 5.62. The molecule has 1 heterocycles. The predicted molar refractivity (Wildman–Crippen MR) is 81.2 cm³/mol. The Hall–Kier alpha value is -1.66. The minimum Gasteiger partial charge on any atom is -0.494 e. The first kappa shape index (κ1) is 16.7. The minimum atomic E-state index is -0.619. The number of carbonyl (C=O) groups excluding carboxylic acids is 1. The van der Waals surface area contributed by atoms with Crippen LogP contribution in [0.1, 0.15) is 31.4 Å². The second kappa shape index (κ2) is 7.56. The van der Waals surface area contributed by atoms with Crippen molar-refractivity contribution >= 4 is 5.91 Å². The highest BCUT2D eigenvalue weighted by molar-refractivity contribution is 5.78. The third-order valence-corrected chi connectivity index (χ3v) is 3.94. The van der Waals surface area contributed by atoms with Gasteiger partial charge in [0.2, 0.25) is 5.91 Å². The summed E-state index contributed by atoms with van der Waals surface area (Å²) in [6, 6.07) is 4.64. The number of hydrogen-bond donors (Lipinski definition) is 2. The van der Waals surface area contributed by atoms with Crippen LogP contribution in [-0.4, -0.2) is 48.8 Å². The van der Waals surface area contributed by atoms with E-state index in [2.05, 4.69) is 5.32 Å². The Kier molecular flexibility index (Phi) is 5.74. The van der Waals surface area contributed by atoms with Crippen LogP contribution in [0.3, 0.4) is 0 Å². The standard InChI is InChI=1S/C16H23FN2O3/c1-11(12-5-6-14(17)15(8-12)22-2)18-9-13(20)10-19-7-3-4-16(19)21/h5-6,8,11,13,18,20H,3-4,7,9-10H2,1-2H3. The number of nitrogens with one attached hydrogen (secondary N) is 1. The molecule has 2 atom stereocenters. The van der Waals surface area contributed by atoms with Crippen molar-refractivity contribution in [1.29, 1.82) is 0 Å². The van der Waals surface area contributed by atoms with Crippen molar-refractivity contribution in [3.05, 3.63) is 29.6 Å². The SMILES string of the molecule is COc1cc(C(C)NCC(O)CN2CCCC2=O)ccc1F. The zero-order valence-electron chi connectivity index (χ0n) is 13.0. The lowest BCUT2D eigenvalue weighted by Crippen LogP contribution is -2.39. The average Bonchev–Trinajstić information content (AvgIpc) is 2.90. The summed E-state index contributed by atoms with van der Waals surface area (Å²) in [6.07, 6.45) is 0.822. The topological polar surface area (TPSA) is 61.8 Å². The lowest BCUT2D eigenvalue weighted by Gasteiger charge is -2.22. The Morgan fingerprint density at radius 3 is 2.91 bits per heavy atom. The van der Waals surface area contributed by atoms with Gasteiger partial charge in [0.15, 0.2) is 11.6 Å². The van der Waals surface area contributed by atoms with Crippen molar-refractivity contribution in [3.8, 4) is 5.75 Å². The van der Waals surface area contributed by atoms with Gasteiger partial charge in [-0.1, -0.05) is 6.07 Å². The van der Waals surface area contributed by atoms with Crippen LogP contribution in [0.15, 0.2) is 18.2 Å². The Balaban J connectivity index is 1.84. The van der Waals surface area contributed by atoms with E-state index in [1.165, 1.54) is 13.2 Å². The summed E-state index contributed by atoms with van der Waals surface area (Å²) in [6.45, 7) is 3.37. The fourth-order valence-corrected chi connectivity index (χ4v) is 2.59. The molecule has 0 radical (unpaired) electrons.